The molecule has 0 saturated carbocycles. The fraction of sp³-hybridized carbons (Fsp3) is 0.235. The summed E-state index contributed by atoms with van der Waals surface area (Å²) >= 11 is 0. The van der Waals surface area contributed by atoms with Gasteiger partial charge < -0.3 is 10.6 Å². The largest absolute Gasteiger partial charge is 0.382 e. The van der Waals surface area contributed by atoms with Gasteiger partial charge in [-0.05, 0) is 42.7 Å². The summed E-state index contributed by atoms with van der Waals surface area (Å²) in [5, 5.41) is 12.2. The SMILES string of the molecule is N=C(N)c1cnc2ccc(N3CCC[C@@H]3c3cccc(F)c3)nn12. The Labute approximate surface area is 138 Å². The van der Waals surface area contributed by atoms with Crippen LogP contribution < -0.4 is 10.6 Å². The van der Waals surface area contributed by atoms with Gasteiger partial charge in [-0.15, -0.1) is 5.10 Å². The van der Waals surface area contributed by atoms with E-state index in [0.717, 1.165) is 30.8 Å². The lowest BCUT2D eigenvalue weighted by molar-refractivity contribution is 0.617. The number of imidazole rings is 1. The molecule has 0 unspecified atom stereocenters. The van der Waals surface area contributed by atoms with Crippen molar-refractivity contribution in [1.29, 1.82) is 5.41 Å². The van der Waals surface area contributed by atoms with Gasteiger partial charge >= 0.3 is 0 Å². The molecule has 2 aromatic heterocycles. The summed E-state index contributed by atoms with van der Waals surface area (Å²) in [5.74, 6) is 0.473. The number of hydrogen-bond donors (Lipinski definition) is 2. The van der Waals surface area contributed by atoms with Crippen molar-refractivity contribution >= 4 is 17.3 Å². The Morgan fingerprint density at radius 1 is 1.29 bits per heavy atom. The standard InChI is InChI=1S/C17H17FN6/c18-12-4-1-3-11(9-12)13-5-2-8-23(13)16-7-6-15-21-10-14(17(19)20)24(15)22-16/h1,3-4,6-7,9-10,13H,2,5,8H2,(H3,19,20)/t13-/m1/s1. The second-order valence-electron chi connectivity index (χ2n) is 5.93. The van der Waals surface area contributed by atoms with E-state index < -0.39 is 0 Å². The second kappa shape index (κ2) is 5.59. The molecule has 122 valence electrons. The average molecular weight is 324 g/mol. The number of nitrogens with zero attached hydrogens (tertiary/aromatic N) is 4. The van der Waals surface area contributed by atoms with E-state index in [0.29, 0.717) is 11.3 Å². The number of anilines is 1. The highest BCUT2D eigenvalue weighted by Crippen LogP contribution is 2.35. The number of amidine groups is 1. The summed E-state index contributed by atoms with van der Waals surface area (Å²) in [5.41, 5.74) is 7.65. The number of hydrogen-bond acceptors (Lipinski definition) is 4. The molecule has 0 spiro atoms. The number of halogens is 1. The molecule has 6 nitrogen and oxygen atoms in total. The smallest absolute Gasteiger partial charge is 0.154 e. The summed E-state index contributed by atoms with van der Waals surface area (Å²) in [6, 6.07) is 10.6. The van der Waals surface area contributed by atoms with Crippen LogP contribution in [-0.4, -0.2) is 27.0 Å². The molecule has 1 aromatic carbocycles. The van der Waals surface area contributed by atoms with E-state index in [4.69, 9.17) is 11.1 Å². The molecule has 1 fully saturated rings. The van der Waals surface area contributed by atoms with E-state index in [1.807, 2.05) is 18.2 Å². The zero-order valence-corrected chi connectivity index (χ0v) is 13.0. The van der Waals surface area contributed by atoms with Crippen molar-refractivity contribution in [3.63, 3.8) is 0 Å². The molecule has 3 N–H and O–H groups in total. The number of aromatic nitrogens is 3. The van der Waals surface area contributed by atoms with Gasteiger partial charge in [0, 0.05) is 6.54 Å². The van der Waals surface area contributed by atoms with Crippen LogP contribution in [0.1, 0.15) is 30.1 Å². The van der Waals surface area contributed by atoms with Gasteiger partial charge in [-0.1, -0.05) is 12.1 Å². The van der Waals surface area contributed by atoms with Gasteiger partial charge in [0.05, 0.1) is 12.2 Å². The molecule has 7 heteroatoms. The molecule has 0 amide bonds. The first-order chi connectivity index (χ1) is 11.6. The van der Waals surface area contributed by atoms with Crippen LogP contribution in [0.15, 0.2) is 42.6 Å². The molecule has 1 aliphatic rings. The van der Waals surface area contributed by atoms with E-state index in [1.165, 1.54) is 6.07 Å². The maximum Gasteiger partial charge on any atom is 0.154 e. The third-order valence-corrected chi connectivity index (χ3v) is 4.40. The zero-order valence-electron chi connectivity index (χ0n) is 13.0. The van der Waals surface area contributed by atoms with Crippen molar-refractivity contribution in [2.75, 3.05) is 11.4 Å². The predicted octanol–water partition coefficient (Wildman–Crippen LogP) is 2.49. The van der Waals surface area contributed by atoms with Crippen LogP contribution in [0.2, 0.25) is 0 Å². The molecule has 0 radical (unpaired) electrons. The van der Waals surface area contributed by atoms with Crippen LogP contribution in [0.25, 0.3) is 5.65 Å². The highest BCUT2D eigenvalue weighted by molar-refractivity contribution is 5.93. The Morgan fingerprint density at radius 3 is 2.96 bits per heavy atom. The molecule has 0 bridgehead atoms. The van der Waals surface area contributed by atoms with Gasteiger partial charge in [-0.2, -0.15) is 0 Å². The highest BCUT2D eigenvalue weighted by Gasteiger charge is 2.28. The lowest BCUT2D eigenvalue weighted by Crippen LogP contribution is -2.25. The molecule has 1 saturated heterocycles. The van der Waals surface area contributed by atoms with Crippen LogP contribution in [0, 0.1) is 11.2 Å². The Kier molecular flexibility index (Phi) is 3.41. The molecule has 24 heavy (non-hydrogen) atoms. The van der Waals surface area contributed by atoms with Crippen LogP contribution in [0.5, 0.6) is 0 Å². The van der Waals surface area contributed by atoms with Crippen molar-refractivity contribution in [3.8, 4) is 0 Å². The number of nitrogen functional groups attached to an aromatic ring is 1. The summed E-state index contributed by atoms with van der Waals surface area (Å²) in [4.78, 5) is 6.37. The molecule has 0 aliphatic carbocycles. The van der Waals surface area contributed by atoms with E-state index >= 15 is 0 Å². The van der Waals surface area contributed by atoms with Gasteiger partial charge in [-0.3, -0.25) is 5.41 Å². The van der Waals surface area contributed by atoms with Crippen LogP contribution in [-0.2, 0) is 0 Å². The summed E-state index contributed by atoms with van der Waals surface area (Å²) < 4.78 is 15.2. The van der Waals surface area contributed by atoms with Crippen molar-refractivity contribution in [2.24, 2.45) is 5.73 Å². The fourth-order valence-corrected chi connectivity index (χ4v) is 3.30. The molecule has 1 aliphatic heterocycles. The Balaban J connectivity index is 1.75. The Morgan fingerprint density at radius 2 is 2.17 bits per heavy atom. The number of nitrogens with two attached hydrogens (primary N) is 1. The molecular weight excluding hydrogens is 307 g/mol. The maximum atomic E-state index is 13.6. The minimum atomic E-state index is -0.226. The highest BCUT2D eigenvalue weighted by atomic mass is 19.1. The zero-order chi connectivity index (χ0) is 16.7. The van der Waals surface area contributed by atoms with Gasteiger partial charge in [0.25, 0.3) is 0 Å². The van der Waals surface area contributed by atoms with Crippen LogP contribution in [0.4, 0.5) is 10.2 Å². The number of nitrogens with one attached hydrogen (secondary N) is 1. The minimum absolute atomic E-state index is 0.0738. The summed E-state index contributed by atoms with van der Waals surface area (Å²) in [6.45, 7) is 0.851. The Hall–Kier alpha value is -2.96. The predicted molar refractivity (Wildman–Crippen MR) is 89.7 cm³/mol. The number of benzene rings is 1. The van der Waals surface area contributed by atoms with Crippen molar-refractivity contribution in [3.05, 3.63) is 59.7 Å². The lowest BCUT2D eigenvalue weighted by atomic mass is 10.0. The van der Waals surface area contributed by atoms with Gasteiger partial charge in [0.2, 0.25) is 0 Å². The van der Waals surface area contributed by atoms with Crippen molar-refractivity contribution in [2.45, 2.75) is 18.9 Å². The third-order valence-electron chi connectivity index (χ3n) is 4.40. The van der Waals surface area contributed by atoms with E-state index in [-0.39, 0.29) is 17.7 Å². The molecular formula is C17H17FN6. The van der Waals surface area contributed by atoms with E-state index in [9.17, 15) is 4.39 Å². The van der Waals surface area contributed by atoms with Gasteiger partial charge in [0.15, 0.2) is 5.65 Å². The Bertz CT molecular complexity index is 918. The first-order valence-corrected chi connectivity index (χ1v) is 7.85. The molecule has 3 aromatic rings. The molecule has 1 atom stereocenters. The molecule has 4 rings (SSSR count). The van der Waals surface area contributed by atoms with Crippen LogP contribution >= 0.6 is 0 Å². The molecule has 3 heterocycles. The average Bonchev–Trinajstić information content (AvgIpc) is 3.21. The lowest BCUT2D eigenvalue weighted by Gasteiger charge is -2.26. The third kappa shape index (κ3) is 2.38. The minimum Gasteiger partial charge on any atom is -0.382 e. The van der Waals surface area contributed by atoms with E-state index in [1.54, 1.807) is 22.8 Å². The summed E-state index contributed by atoms with van der Waals surface area (Å²) in [7, 11) is 0. The van der Waals surface area contributed by atoms with E-state index in [2.05, 4.69) is 15.0 Å². The summed E-state index contributed by atoms with van der Waals surface area (Å²) in [6.07, 6.45) is 3.51. The van der Waals surface area contributed by atoms with Gasteiger partial charge in [0.1, 0.15) is 23.2 Å². The monoisotopic (exact) mass is 324 g/mol. The topological polar surface area (TPSA) is 83.3 Å². The number of fused-ring (bicyclic) bond motifs is 1. The fourth-order valence-electron chi connectivity index (χ4n) is 3.30. The number of rotatable bonds is 3. The second-order valence-corrected chi connectivity index (χ2v) is 5.93. The quantitative estimate of drug-likeness (QED) is 0.573. The van der Waals surface area contributed by atoms with Crippen molar-refractivity contribution in [1.82, 2.24) is 14.6 Å². The first-order valence-electron chi connectivity index (χ1n) is 7.85. The first kappa shape index (κ1) is 14.6. The maximum absolute atomic E-state index is 13.6. The van der Waals surface area contributed by atoms with Crippen molar-refractivity contribution < 1.29 is 4.39 Å². The van der Waals surface area contributed by atoms with Crippen LogP contribution in [0.3, 0.4) is 0 Å². The normalized spacial score (nSPS) is 17.5. The van der Waals surface area contributed by atoms with Gasteiger partial charge in [-0.25, -0.2) is 13.9 Å².